The first-order valence-electron chi connectivity index (χ1n) is 12.7. The van der Waals surface area contributed by atoms with E-state index in [4.69, 9.17) is 0 Å². The Morgan fingerprint density at radius 1 is 0.531 bits per heavy atom. The van der Waals surface area contributed by atoms with Gasteiger partial charge in [-0.15, -0.1) is 18.2 Å². The molecule has 0 amide bonds. The second-order valence-electron chi connectivity index (χ2n) is 9.27. The third-order valence-electron chi connectivity index (χ3n) is 6.05. The summed E-state index contributed by atoms with van der Waals surface area (Å²) in [4.78, 5) is 3.31. The summed E-state index contributed by atoms with van der Waals surface area (Å²) in [5, 5.41) is 18.8. The fourth-order valence-corrected chi connectivity index (χ4v) is 4.15. The molecule has 6 rings (SSSR count). The molecule has 0 unspecified atom stereocenters. The molecule has 0 saturated heterocycles. The molecule has 0 saturated carbocycles. The van der Waals surface area contributed by atoms with Gasteiger partial charge in [0.2, 0.25) is 0 Å². The number of rotatable bonds is 4. The molecule has 1 aromatic carbocycles. The number of alkyl halides is 12. The fourth-order valence-electron chi connectivity index (χ4n) is 4.15. The van der Waals surface area contributed by atoms with E-state index < -0.39 is 70.0 Å². The number of hydrogen-bond acceptors (Lipinski definition) is 5. The van der Waals surface area contributed by atoms with Gasteiger partial charge in [0.15, 0.2) is 0 Å². The van der Waals surface area contributed by atoms with Crippen molar-refractivity contribution < 1.29 is 72.8 Å². The second-order valence-corrected chi connectivity index (χ2v) is 9.27. The summed E-state index contributed by atoms with van der Waals surface area (Å²) in [5.41, 5.74) is -12.8. The molecule has 0 N–H and O–H groups in total. The van der Waals surface area contributed by atoms with Crippen LogP contribution in [0.5, 0.6) is 0 Å². The maximum Gasteiger partial charge on any atom is 3.00 e. The largest absolute Gasteiger partial charge is 3.00 e. The standard InChI is InChI=1S/C15H3F12N5.C12H9N4.Ir/c16-12(17,18)6-8(29-31-10(6)14(22,23)24)4-2-1-3-5(28-4)9-7(13(19,20)21)11(32-30-9)15(25,26)27;1-4-11(15-8-2-6-13-15)10-12(5-1)16-9-3-7-14-16;/h1-3H;1-9H;/q-2;-1;+3. The first kappa shape index (κ1) is 36.8. The Labute approximate surface area is 278 Å². The van der Waals surface area contributed by atoms with Gasteiger partial charge in [0.25, 0.3) is 0 Å². The van der Waals surface area contributed by atoms with Crippen LogP contribution in [0.1, 0.15) is 22.5 Å². The Balaban J connectivity index is 0.000000265. The van der Waals surface area contributed by atoms with E-state index in [9.17, 15) is 52.7 Å². The fraction of sp³-hybridized carbons (Fsp3) is 0.148. The van der Waals surface area contributed by atoms with Gasteiger partial charge in [-0.25, -0.2) is 0 Å². The smallest absolute Gasteiger partial charge is 0.573 e. The molecule has 0 aliphatic carbocycles. The van der Waals surface area contributed by atoms with E-state index in [1.165, 1.54) is 0 Å². The zero-order valence-corrected chi connectivity index (χ0v) is 25.7. The van der Waals surface area contributed by atoms with E-state index >= 15 is 0 Å². The molecule has 0 aliphatic rings. The average Bonchev–Trinajstić information content (AvgIpc) is 3.82. The first-order chi connectivity index (χ1) is 22.4. The van der Waals surface area contributed by atoms with Gasteiger partial charge in [0.1, 0.15) is 11.4 Å². The van der Waals surface area contributed by atoms with Crippen molar-refractivity contribution in [1.82, 2.24) is 44.9 Å². The van der Waals surface area contributed by atoms with Gasteiger partial charge in [0.05, 0.1) is 22.5 Å². The molecular weight excluding hydrogens is 871 g/mol. The number of hydrogen-bond donors (Lipinski definition) is 0. The van der Waals surface area contributed by atoms with Crippen molar-refractivity contribution in [3.63, 3.8) is 0 Å². The van der Waals surface area contributed by atoms with E-state index in [2.05, 4.69) is 41.6 Å². The Kier molecular flexibility index (Phi) is 10.1. The SMILES string of the molecule is FC(F)(F)c1n[n-]c(-c2cccc(-c3[n-]nc(C(F)(F)F)c3C(F)(F)F)n2)c1C(F)(F)F.[Ir+3].[c-]1c(-n2cccn2)cccc1-n1cccn1. The van der Waals surface area contributed by atoms with E-state index in [1.54, 1.807) is 21.8 Å². The maximum atomic E-state index is 13.2. The molecule has 258 valence electrons. The molecular formula is C27H12F12IrN9. The molecule has 6 aromatic rings. The van der Waals surface area contributed by atoms with Gasteiger partial charge < -0.3 is 20.4 Å². The van der Waals surface area contributed by atoms with Crippen LogP contribution in [0.25, 0.3) is 34.2 Å². The Bertz CT molecular complexity index is 1850. The zero-order valence-electron chi connectivity index (χ0n) is 23.3. The minimum absolute atomic E-state index is 0. The van der Waals surface area contributed by atoms with Crippen molar-refractivity contribution in [3.8, 4) is 34.2 Å². The third-order valence-corrected chi connectivity index (χ3v) is 6.05. The zero-order chi connectivity index (χ0) is 35.1. The number of halogens is 12. The molecule has 22 heteroatoms. The number of aromatic nitrogens is 9. The molecule has 0 atom stereocenters. The van der Waals surface area contributed by atoms with E-state index in [-0.39, 0.29) is 20.1 Å². The van der Waals surface area contributed by atoms with Crippen LogP contribution in [0.4, 0.5) is 52.7 Å². The number of nitrogens with zero attached hydrogens (tertiary/aromatic N) is 9. The monoisotopic (exact) mass is 883 g/mol. The van der Waals surface area contributed by atoms with Crippen molar-refractivity contribution in [2.75, 3.05) is 0 Å². The van der Waals surface area contributed by atoms with E-state index in [0.29, 0.717) is 12.1 Å². The van der Waals surface area contributed by atoms with Crippen LogP contribution in [0.3, 0.4) is 0 Å². The molecule has 0 spiro atoms. The van der Waals surface area contributed by atoms with Gasteiger partial charge in [-0.05, 0) is 35.6 Å². The van der Waals surface area contributed by atoms with Crippen LogP contribution in [-0.2, 0) is 44.8 Å². The molecule has 0 aliphatic heterocycles. The third kappa shape index (κ3) is 8.02. The topological polar surface area (TPSA) is 103 Å². The van der Waals surface area contributed by atoms with Crippen LogP contribution in [0.2, 0.25) is 0 Å². The quantitative estimate of drug-likeness (QED) is 0.138. The summed E-state index contributed by atoms with van der Waals surface area (Å²) in [6, 6.07) is 14.9. The summed E-state index contributed by atoms with van der Waals surface area (Å²) in [5.74, 6) is 0. The number of pyridine rings is 1. The summed E-state index contributed by atoms with van der Waals surface area (Å²) >= 11 is 0. The van der Waals surface area contributed by atoms with Crippen molar-refractivity contribution >= 4 is 0 Å². The Hall–Kier alpha value is -4.98. The summed E-state index contributed by atoms with van der Waals surface area (Å²) < 4.78 is 160. The van der Waals surface area contributed by atoms with Crippen molar-refractivity contribution in [1.29, 1.82) is 0 Å². The van der Waals surface area contributed by atoms with Crippen LogP contribution in [0.15, 0.2) is 73.3 Å². The van der Waals surface area contributed by atoms with Gasteiger partial charge in [-0.3, -0.25) is 14.3 Å². The normalized spacial score (nSPS) is 12.3. The van der Waals surface area contributed by atoms with Crippen molar-refractivity contribution in [2.45, 2.75) is 24.7 Å². The van der Waals surface area contributed by atoms with Crippen molar-refractivity contribution in [2.24, 2.45) is 0 Å². The molecule has 9 nitrogen and oxygen atoms in total. The molecule has 0 bridgehead atoms. The average molecular weight is 883 g/mol. The van der Waals surface area contributed by atoms with Crippen LogP contribution in [0, 0.1) is 6.07 Å². The Morgan fingerprint density at radius 3 is 1.24 bits per heavy atom. The van der Waals surface area contributed by atoms with Crippen LogP contribution < -0.4 is 10.2 Å². The second kappa shape index (κ2) is 13.5. The van der Waals surface area contributed by atoms with Crippen molar-refractivity contribution in [3.05, 3.63) is 102 Å². The van der Waals surface area contributed by atoms with Gasteiger partial charge in [-0.1, -0.05) is 17.5 Å². The Morgan fingerprint density at radius 2 is 0.918 bits per heavy atom. The molecule has 5 aromatic heterocycles. The minimum Gasteiger partial charge on any atom is -0.573 e. The summed E-state index contributed by atoms with van der Waals surface area (Å²) in [7, 11) is 0. The predicted octanol–water partition coefficient (Wildman–Crippen LogP) is 7.05. The molecule has 0 fully saturated rings. The maximum absolute atomic E-state index is 13.2. The minimum atomic E-state index is -5.65. The molecule has 0 radical (unpaired) electrons. The van der Waals surface area contributed by atoms with Gasteiger partial charge in [-0.2, -0.15) is 68.9 Å². The predicted molar refractivity (Wildman–Crippen MR) is 137 cm³/mol. The summed E-state index contributed by atoms with van der Waals surface area (Å²) in [6.07, 6.45) is -15.2. The molecule has 5 heterocycles. The van der Waals surface area contributed by atoms with E-state index in [0.717, 1.165) is 17.4 Å². The first-order valence-corrected chi connectivity index (χ1v) is 12.7. The van der Waals surface area contributed by atoms with Crippen LogP contribution >= 0.6 is 0 Å². The van der Waals surface area contributed by atoms with Gasteiger partial charge in [0, 0.05) is 24.8 Å². The van der Waals surface area contributed by atoms with Gasteiger partial charge >= 0.3 is 44.8 Å². The number of benzene rings is 1. The molecule has 49 heavy (non-hydrogen) atoms. The summed E-state index contributed by atoms with van der Waals surface area (Å²) in [6.45, 7) is 0. The van der Waals surface area contributed by atoms with E-state index in [1.807, 2.05) is 42.7 Å². The van der Waals surface area contributed by atoms with Crippen LogP contribution in [-0.4, -0.2) is 34.7 Å².